The van der Waals surface area contributed by atoms with Crippen molar-refractivity contribution in [2.75, 3.05) is 0 Å². The van der Waals surface area contributed by atoms with Crippen LogP contribution in [0.2, 0.25) is 0 Å². The molecular weight excluding hydrogens is 256 g/mol. The molecule has 6 heteroatoms. The number of carbonyl (C=O) groups excluding carboxylic acids is 1. The monoisotopic (exact) mass is 271 g/mol. The standard InChI is InChI=1S/C13H15F2NO3/c1-2-3-4-11(13(18)19)16-12(17)9-6-5-8(14)7-10(9)15/h5-7,11H,2-4H2,1H3,(H,16,17)(H,18,19). The zero-order valence-electron chi connectivity index (χ0n) is 10.5. The summed E-state index contributed by atoms with van der Waals surface area (Å²) < 4.78 is 26.1. The summed E-state index contributed by atoms with van der Waals surface area (Å²) in [5, 5.41) is 11.2. The lowest BCUT2D eigenvalue weighted by molar-refractivity contribution is -0.139. The van der Waals surface area contributed by atoms with E-state index in [0.717, 1.165) is 18.6 Å². The maximum absolute atomic E-state index is 13.4. The molecule has 0 fully saturated rings. The molecule has 0 spiro atoms. The van der Waals surface area contributed by atoms with Crippen LogP contribution in [0.4, 0.5) is 8.78 Å². The van der Waals surface area contributed by atoms with Gasteiger partial charge >= 0.3 is 5.97 Å². The predicted molar refractivity (Wildman–Crippen MR) is 64.8 cm³/mol. The molecule has 0 bridgehead atoms. The molecule has 4 nitrogen and oxygen atoms in total. The number of hydrogen-bond donors (Lipinski definition) is 2. The summed E-state index contributed by atoms with van der Waals surface area (Å²) in [5.41, 5.74) is -0.371. The molecule has 1 aromatic carbocycles. The fourth-order valence-electron chi connectivity index (χ4n) is 1.58. The van der Waals surface area contributed by atoms with Crippen LogP contribution in [0.1, 0.15) is 36.5 Å². The Bertz CT molecular complexity index is 477. The minimum absolute atomic E-state index is 0.264. The highest BCUT2D eigenvalue weighted by atomic mass is 19.1. The van der Waals surface area contributed by atoms with Crippen LogP contribution in [0.3, 0.4) is 0 Å². The summed E-state index contributed by atoms with van der Waals surface area (Å²) in [4.78, 5) is 22.7. The molecule has 1 rings (SSSR count). The predicted octanol–water partition coefficient (Wildman–Crippen LogP) is 2.34. The molecular formula is C13H15F2NO3. The van der Waals surface area contributed by atoms with Gasteiger partial charge < -0.3 is 10.4 Å². The van der Waals surface area contributed by atoms with E-state index in [9.17, 15) is 18.4 Å². The summed E-state index contributed by atoms with van der Waals surface area (Å²) >= 11 is 0. The maximum atomic E-state index is 13.4. The van der Waals surface area contributed by atoms with Crippen LogP contribution < -0.4 is 5.32 Å². The third-order valence-corrected chi connectivity index (χ3v) is 2.63. The van der Waals surface area contributed by atoms with E-state index in [2.05, 4.69) is 5.32 Å². The molecule has 2 N–H and O–H groups in total. The third kappa shape index (κ3) is 4.31. The zero-order valence-corrected chi connectivity index (χ0v) is 10.5. The van der Waals surface area contributed by atoms with Gasteiger partial charge in [-0.2, -0.15) is 0 Å². The zero-order chi connectivity index (χ0) is 14.4. The lowest BCUT2D eigenvalue weighted by Gasteiger charge is -2.14. The van der Waals surface area contributed by atoms with E-state index in [4.69, 9.17) is 5.11 Å². The molecule has 0 aliphatic heterocycles. The molecule has 0 heterocycles. The first kappa shape index (κ1) is 15.1. The van der Waals surface area contributed by atoms with Gasteiger partial charge in [-0.25, -0.2) is 13.6 Å². The molecule has 0 saturated heterocycles. The van der Waals surface area contributed by atoms with E-state index in [1.807, 2.05) is 6.92 Å². The molecule has 0 aliphatic rings. The Morgan fingerprint density at radius 1 is 1.37 bits per heavy atom. The SMILES string of the molecule is CCCCC(NC(=O)c1ccc(F)cc1F)C(=O)O. The van der Waals surface area contributed by atoms with E-state index in [-0.39, 0.29) is 12.0 Å². The van der Waals surface area contributed by atoms with Crippen molar-refractivity contribution in [3.63, 3.8) is 0 Å². The Hall–Kier alpha value is -1.98. The van der Waals surface area contributed by atoms with Gasteiger partial charge in [-0.05, 0) is 18.6 Å². The van der Waals surface area contributed by atoms with Crippen molar-refractivity contribution in [2.24, 2.45) is 0 Å². The van der Waals surface area contributed by atoms with Crippen molar-refractivity contribution in [1.29, 1.82) is 0 Å². The lowest BCUT2D eigenvalue weighted by Crippen LogP contribution is -2.41. The third-order valence-electron chi connectivity index (χ3n) is 2.63. The van der Waals surface area contributed by atoms with Crippen molar-refractivity contribution in [1.82, 2.24) is 5.32 Å². The van der Waals surface area contributed by atoms with Gasteiger partial charge in [0.2, 0.25) is 0 Å². The summed E-state index contributed by atoms with van der Waals surface area (Å²) in [6, 6.07) is 1.44. The highest BCUT2D eigenvalue weighted by Crippen LogP contribution is 2.10. The fourth-order valence-corrected chi connectivity index (χ4v) is 1.58. The highest BCUT2D eigenvalue weighted by molar-refractivity contribution is 5.96. The van der Waals surface area contributed by atoms with Gasteiger partial charge in [0, 0.05) is 6.07 Å². The van der Waals surface area contributed by atoms with Gasteiger partial charge in [-0.3, -0.25) is 4.79 Å². The van der Waals surface area contributed by atoms with Crippen LogP contribution in [0.25, 0.3) is 0 Å². The average molecular weight is 271 g/mol. The summed E-state index contributed by atoms with van der Waals surface area (Å²) in [6.45, 7) is 1.89. The molecule has 19 heavy (non-hydrogen) atoms. The van der Waals surface area contributed by atoms with Gasteiger partial charge in [0.1, 0.15) is 17.7 Å². The first-order valence-electron chi connectivity index (χ1n) is 5.94. The van der Waals surface area contributed by atoms with Crippen LogP contribution in [-0.4, -0.2) is 23.0 Å². The minimum Gasteiger partial charge on any atom is -0.480 e. The van der Waals surface area contributed by atoms with Gasteiger partial charge in [-0.1, -0.05) is 19.8 Å². The molecule has 0 aliphatic carbocycles. The fraction of sp³-hybridized carbons (Fsp3) is 0.385. The number of rotatable bonds is 6. The minimum atomic E-state index is -1.18. The molecule has 1 atom stereocenters. The van der Waals surface area contributed by atoms with Gasteiger partial charge in [0.25, 0.3) is 5.91 Å². The number of carboxylic acids is 1. The first-order valence-corrected chi connectivity index (χ1v) is 5.94. The number of aliphatic carboxylic acids is 1. The van der Waals surface area contributed by atoms with Crippen molar-refractivity contribution < 1.29 is 23.5 Å². The number of unbranched alkanes of at least 4 members (excludes halogenated alkanes) is 1. The van der Waals surface area contributed by atoms with E-state index in [1.54, 1.807) is 0 Å². The number of halogens is 2. The van der Waals surface area contributed by atoms with Crippen LogP contribution in [0, 0.1) is 11.6 Å². The lowest BCUT2D eigenvalue weighted by atomic mass is 10.1. The number of carbonyl (C=O) groups is 2. The molecule has 1 aromatic rings. The van der Waals surface area contributed by atoms with Crippen LogP contribution in [0.15, 0.2) is 18.2 Å². The second-order valence-corrected chi connectivity index (χ2v) is 4.13. The Kier molecular flexibility index (Phi) is 5.41. The van der Waals surface area contributed by atoms with Crippen molar-refractivity contribution in [3.8, 4) is 0 Å². The van der Waals surface area contributed by atoms with Crippen LogP contribution in [-0.2, 0) is 4.79 Å². The Labute approximate surface area is 109 Å². The summed E-state index contributed by atoms with van der Waals surface area (Å²) in [7, 11) is 0. The van der Waals surface area contributed by atoms with E-state index < -0.39 is 29.6 Å². The molecule has 104 valence electrons. The Morgan fingerprint density at radius 2 is 2.05 bits per heavy atom. The molecule has 0 aromatic heterocycles. The average Bonchev–Trinajstić information content (AvgIpc) is 2.33. The summed E-state index contributed by atoms with van der Waals surface area (Å²) in [5.74, 6) is -3.85. The van der Waals surface area contributed by atoms with E-state index >= 15 is 0 Å². The second kappa shape index (κ2) is 6.82. The normalized spacial score (nSPS) is 11.9. The Balaban J connectivity index is 2.78. The number of benzene rings is 1. The topological polar surface area (TPSA) is 66.4 Å². The largest absolute Gasteiger partial charge is 0.480 e. The highest BCUT2D eigenvalue weighted by Gasteiger charge is 2.21. The Morgan fingerprint density at radius 3 is 2.58 bits per heavy atom. The number of nitrogens with one attached hydrogen (secondary N) is 1. The molecule has 1 unspecified atom stereocenters. The van der Waals surface area contributed by atoms with E-state index in [0.29, 0.717) is 12.5 Å². The number of carboxylic acid groups (broad SMARTS) is 1. The van der Waals surface area contributed by atoms with E-state index in [1.165, 1.54) is 0 Å². The molecule has 1 amide bonds. The number of hydrogen-bond acceptors (Lipinski definition) is 2. The second-order valence-electron chi connectivity index (χ2n) is 4.13. The quantitative estimate of drug-likeness (QED) is 0.834. The van der Waals surface area contributed by atoms with Crippen LogP contribution in [0.5, 0.6) is 0 Å². The van der Waals surface area contributed by atoms with Gasteiger partial charge in [0.15, 0.2) is 0 Å². The van der Waals surface area contributed by atoms with Crippen molar-refractivity contribution in [2.45, 2.75) is 32.2 Å². The van der Waals surface area contributed by atoms with Crippen molar-refractivity contribution in [3.05, 3.63) is 35.4 Å². The first-order chi connectivity index (χ1) is 8.95. The molecule has 0 radical (unpaired) electrons. The smallest absolute Gasteiger partial charge is 0.326 e. The van der Waals surface area contributed by atoms with Gasteiger partial charge in [0.05, 0.1) is 5.56 Å². The molecule has 0 saturated carbocycles. The summed E-state index contributed by atoms with van der Waals surface area (Å²) in [6.07, 6.45) is 1.67. The van der Waals surface area contributed by atoms with Gasteiger partial charge in [-0.15, -0.1) is 0 Å². The maximum Gasteiger partial charge on any atom is 0.326 e. The van der Waals surface area contributed by atoms with Crippen LogP contribution >= 0.6 is 0 Å². The number of amides is 1. The van der Waals surface area contributed by atoms with Crippen molar-refractivity contribution >= 4 is 11.9 Å².